The summed E-state index contributed by atoms with van der Waals surface area (Å²) in [6, 6.07) is 10.1. The average molecular weight is 398 g/mol. The van der Waals surface area contributed by atoms with E-state index in [-0.39, 0.29) is 18.1 Å². The van der Waals surface area contributed by atoms with Crippen molar-refractivity contribution >= 4 is 17.8 Å². The van der Waals surface area contributed by atoms with Crippen LogP contribution in [0.25, 0.3) is 6.08 Å². The summed E-state index contributed by atoms with van der Waals surface area (Å²) in [6.07, 6.45) is 0.860. The summed E-state index contributed by atoms with van der Waals surface area (Å²) in [4.78, 5) is 24.4. The topological polar surface area (TPSA) is 80.3 Å². The van der Waals surface area contributed by atoms with Crippen molar-refractivity contribution in [1.82, 2.24) is 0 Å². The fourth-order valence-electron chi connectivity index (χ4n) is 2.85. The zero-order valence-electron chi connectivity index (χ0n) is 16.7. The van der Waals surface area contributed by atoms with E-state index in [1.165, 1.54) is 0 Å². The highest BCUT2D eigenvalue weighted by Crippen LogP contribution is 2.36. The number of allylic oxidation sites excluding steroid dienone is 1. The Morgan fingerprint density at radius 1 is 1.10 bits per heavy atom. The van der Waals surface area contributed by atoms with Gasteiger partial charge in [0.25, 0.3) is 0 Å². The van der Waals surface area contributed by atoms with Crippen molar-refractivity contribution in [1.29, 1.82) is 0 Å². The van der Waals surface area contributed by atoms with Crippen LogP contribution in [0.4, 0.5) is 0 Å². The number of ether oxygens (including phenoxy) is 5. The van der Waals surface area contributed by atoms with Gasteiger partial charge in [0.15, 0.2) is 23.4 Å². The fraction of sp³-hybridized carbons (Fsp3) is 0.273. The first-order chi connectivity index (χ1) is 14.0. The molecule has 0 aliphatic carbocycles. The largest absolute Gasteiger partial charge is 0.493 e. The Morgan fingerprint density at radius 3 is 2.55 bits per heavy atom. The van der Waals surface area contributed by atoms with E-state index >= 15 is 0 Å². The van der Waals surface area contributed by atoms with Crippen LogP contribution in [0, 0.1) is 0 Å². The third kappa shape index (κ3) is 4.34. The van der Waals surface area contributed by atoms with Gasteiger partial charge >= 0.3 is 5.97 Å². The molecule has 0 saturated heterocycles. The quantitative estimate of drug-likeness (QED) is 0.520. The molecule has 0 aromatic heterocycles. The highest BCUT2D eigenvalue weighted by molar-refractivity contribution is 6.14. The first-order valence-electron chi connectivity index (χ1n) is 9.10. The van der Waals surface area contributed by atoms with Gasteiger partial charge in [-0.3, -0.25) is 4.79 Å². The molecule has 0 amide bonds. The molecule has 2 aromatic carbocycles. The number of fused-ring (bicyclic) bond motifs is 1. The summed E-state index contributed by atoms with van der Waals surface area (Å²) >= 11 is 0. The Morgan fingerprint density at radius 2 is 1.86 bits per heavy atom. The number of Topliss-reactive ketones (excluding diaryl/α,β-unsaturated/α-hetero) is 1. The van der Waals surface area contributed by atoms with Crippen molar-refractivity contribution in [3.05, 3.63) is 53.3 Å². The van der Waals surface area contributed by atoms with E-state index in [2.05, 4.69) is 0 Å². The molecule has 1 atom stereocenters. The first kappa shape index (κ1) is 20.3. The number of esters is 1. The van der Waals surface area contributed by atoms with Gasteiger partial charge in [-0.05, 0) is 49.8 Å². The number of hydrogen-bond donors (Lipinski definition) is 0. The summed E-state index contributed by atoms with van der Waals surface area (Å²) in [5, 5.41) is 0. The molecular weight excluding hydrogens is 376 g/mol. The average Bonchev–Trinajstić information content (AvgIpc) is 3.02. The standard InChI is InChI=1S/C22H22O7/c1-5-27-22(24)13(2)28-15-7-8-16-18(12-15)29-20(21(16)23)11-14-6-9-17(25-3)19(10-14)26-4/h6-13H,5H2,1-4H3/b20-11-. The smallest absolute Gasteiger partial charge is 0.347 e. The molecule has 0 saturated carbocycles. The Hall–Kier alpha value is -3.48. The molecule has 1 unspecified atom stereocenters. The molecule has 7 nitrogen and oxygen atoms in total. The van der Waals surface area contributed by atoms with Crippen molar-refractivity contribution in [3.63, 3.8) is 0 Å². The maximum Gasteiger partial charge on any atom is 0.347 e. The lowest BCUT2D eigenvalue weighted by Crippen LogP contribution is -2.26. The van der Waals surface area contributed by atoms with E-state index in [1.54, 1.807) is 70.5 Å². The highest BCUT2D eigenvalue weighted by Gasteiger charge is 2.28. The number of ketones is 1. The van der Waals surface area contributed by atoms with Crippen molar-refractivity contribution in [2.45, 2.75) is 20.0 Å². The molecule has 0 N–H and O–H groups in total. The van der Waals surface area contributed by atoms with E-state index in [1.807, 2.05) is 0 Å². The number of rotatable bonds is 7. The molecule has 0 bridgehead atoms. The molecule has 0 radical (unpaired) electrons. The Bertz CT molecular complexity index is 962. The molecule has 0 spiro atoms. The summed E-state index contributed by atoms with van der Waals surface area (Å²) in [5.41, 5.74) is 1.15. The minimum absolute atomic E-state index is 0.183. The second-order valence-electron chi connectivity index (χ2n) is 6.22. The minimum Gasteiger partial charge on any atom is -0.493 e. The van der Waals surface area contributed by atoms with E-state index in [0.717, 1.165) is 5.56 Å². The van der Waals surface area contributed by atoms with Crippen molar-refractivity contribution in [2.24, 2.45) is 0 Å². The molecule has 29 heavy (non-hydrogen) atoms. The van der Waals surface area contributed by atoms with Gasteiger partial charge in [-0.2, -0.15) is 0 Å². The predicted molar refractivity (Wildman–Crippen MR) is 106 cm³/mol. The molecule has 1 aliphatic rings. The van der Waals surface area contributed by atoms with Crippen molar-refractivity contribution in [2.75, 3.05) is 20.8 Å². The number of methoxy groups -OCH3 is 2. The SMILES string of the molecule is CCOC(=O)C(C)Oc1ccc2c(c1)O/C(=C\c1ccc(OC)c(OC)c1)C2=O. The lowest BCUT2D eigenvalue weighted by atomic mass is 10.1. The van der Waals surface area contributed by atoms with Crippen LogP contribution in [0.5, 0.6) is 23.0 Å². The van der Waals surface area contributed by atoms with Crippen LogP contribution in [0.1, 0.15) is 29.8 Å². The van der Waals surface area contributed by atoms with Gasteiger partial charge in [0, 0.05) is 6.07 Å². The number of carbonyl (C=O) groups excluding carboxylic acids is 2. The van der Waals surface area contributed by atoms with Gasteiger partial charge in [0.1, 0.15) is 11.5 Å². The highest BCUT2D eigenvalue weighted by atomic mass is 16.6. The number of carbonyl (C=O) groups is 2. The number of hydrogen-bond acceptors (Lipinski definition) is 7. The molecule has 3 rings (SSSR count). The van der Waals surface area contributed by atoms with Crippen LogP contribution in [0.2, 0.25) is 0 Å². The van der Waals surface area contributed by atoms with Gasteiger partial charge < -0.3 is 23.7 Å². The second kappa shape index (κ2) is 8.68. The van der Waals surface area contributed by atoms with Crippen molar-refractivity contribution < 1.29 is 33.3 Å². The minimum atomic E-state index is -0.771. The van der Waals surface area contributed by atoms with Gasteiger partial charge in [-0.15, -0.1) is 0 Å². The van der Waals surface area contributed by atoms with Crippen LogP contribution in [0.15, 0.2) is 42.2 Å². The summed E-state index contributed by atoms with van der Waals surface area (Å²) in [5.74, 6) is 1.41. The van der Waals surface area contributed by atoms with Crippen LogP contribution >= 0.6 is 0 Å². The first-order valence-corrected chi connectivity index (χ1v) is 9.10. The second-order valence-corrected chi connectivity index (χ2v) is 6.22. The Balaban J connectivity index is 1.80. The monoisotopic (exact) mass is 398 g/mol. The van der Waals surface area contributed by atoms with Crippen LogP contribution in [0.3, 0.4) is 0 Å². The fourth-order valence-corrected chi connectivity index (χ4v) is 2.85. The Kier molecular flexibility index (Phi) is 6.07. The van der Waals surface area contributed by atoms with Crippen LogP contribution in [-0.4, -0.2) is 38.7 Å². The third-order valence-corrected chi connectivity index (χ3v) is 4.28. The van der Waals surface area contributed by atoms with Gasteiger partial charge in [0.2, 0.25) is 5.78 Å². The molecule has 2 aromatic rings. The zero-order valence-corrected chi connectivity index (χ0v) is 16.7. The Labute approximate surface area is 168 Å². The van der Waals surface area contributed by atoms with Gasteiger partial charge in [-0.1, -0.05) is 6.07 Å². The molecule has 1 heterocycles. The lowest BCUT2D eigenvalue weighted by molar-refractivity contribution is -0.150. The summed E-state index contributed by atoms with van der Waals surface area (Å²) in [7, 11) is 3.10. The molecule has 1 aliphatic heterocycles. The summed E-state index contributed by atoms with van der Waals surface area (Å²) in [6.45, 7) is 3.60. The predicted octanol–water partition coefficient (Wildman–Crippen LogP) is 3.65. The zero-order chi connectivity index (χ0) is 21.0. The maximum atomic E-state index is 12.6. The van der Waals surface area contributed by atoms with E-state index < -0.39 is 12.1 Å². The van der Waals surface area contributed by atoms with E-state index in [0.29, 0.717) is 28.6 Å². The normalized spacial score (nSPS) is 14.8. The summed E-state index contributed by atoms with van der Waals surface area (Å²) < 4.78 is 26.7. The number of benzene rings is 2. The van der Waals surface area contributed by atoms with Crippen molar-refractivity contribution in [3.8, 4) is 23.0 Å². The van der Waals surface area contributed by atoms with Crippen LogP contribution < -0.4 is 18.9 Å². The van der Waals surface area contributed by atoms with Crippen LogP contribution in [-0.2, 0) is 9.53 Å². The molecular formula is C22H22O7. The van der Waals surface area contributed by atoms with Gasteiger partial charge in [-0.25, -0.2) is 4.79 Å². The van der Waals surface area contributed by atoms with E-state index in [4.69, 9.17) is 23.7 Å². The maximum absolute atomic E-state index is 12.6. The lowest BCUT2D eigenvalue weighted by Gasteiger charge is -2.13. The third-order valence-electron chi connectivity index (χ3n) is 4.28. The van der Waals surface area contributed by atoms with E-state index in [9.17, 15) is 9.59 Å². The molecule has 152 valence electrons. The van der Waals surface area contributed by atoms with Gasteiger partial charge in [0.05, 0.1) is 26.4 Å². The molecule has 0 fully saturated rings. The molecule has 7 heteroatoms.